The van der Waals surface area contributed by atoms with Gasteiger partial charge < -0.3 is 14.0 Å². The molecule has 36 heavy (non-hydrogen) atoms. The van der Waals surface area contributed by atoms with Gasteiger partial charge in [-0.05, 0) is 24.5 Å². The second-order valence-corrected chi connectivity index (χ2v) is 10.5. The number of nitrogens with one attached hydrogen (secondary N) is 2. The fourth-order valence-electron chi connectivity index (χ4n) is 4.41. The van der Waals surface area contributed by atoms with Crippen LogP contribution >= 0.6 is 0 Å². The number of carbonyl (C=O) groups is 2. The first-order valence-electron chi connectivity index (χ1n) is 11.8. The minimum atomic E-state index is -4.28. The molecule has 1 aromatic carbocycles. The molecule has 1 fully saturated rings. The molecule has 13 heteroatoms. The van der Waals surface area contributed by atoms with Crippen molar-refractivity contribution < 1.29 is 37.2 Å². The molecule has 1 aliphatic carbocycles. The molecule has 1 aliphatic rings. The van der Waals surface area contributed by atoms with E-state index in [4.69, 9.17) is 19.2 Å². The zero-order chi connectivity index (χ0) is 26.1. The van der Waals surface area contributed by atoms with Crippen LogP contribution in [0.1, 0.15) is 80.2 Å². The van der Waals surface area contributed by atoms with Gasteiger partial charge in [0.25, 0.3) is 15.8 Å². The highest BCUT2D eigenvalue weighted by Gasteiger charge is 2.27. The molecule has 1 atom stereocenters. The van der Waals surface area contributed by atoms with E-state index in [1.54, 1.807) is 5.48 Å². The summed E-state index contributed by atoms with van der Waals surface area (Å²) in [6.07, 6.45) is 8.36. The molecule has 0 aliphatic heterocycles. The number of methoxy groups -OCH3 is 2. The van der Waals surface area contributed by atoms with Gasteiger partial charge in [-0.2, -0.15) is 4.98 Å². The number of aromatic nitrogens is 2. The number of hydrogen-bond donors (Lipinski definition) is 3. The smallest absolute Gasteiger partial charge is 0.306 e. The standard InChI is InChI=1S/C23H32N4O8S/c1-33-18-12-11-17(14-19(18)34-2)36(31,32)27-22(29)21-24-23(35-26-21)16(13-20(28)25-30)10-6-9-15-7-4-3-5-8-15/h11-12,14-16,30H,3-10,13H2,1-2H3,(H,25,28)(H,27,29)/t16-/m1/s1. The molecule has 2 amide bonds. The molecule has 1 aromatic heterocycles. The van der Waals surface area contributed by atoms with Gasteiger partial charge in [-0.1, -0.05) is 50.1 Å². The van der Waals surface area contributed by atoms with E-state index in [2.05, 4.69) is 10.1 Å². The van der Waals surface area contributed by atoms with Gasteiger partial charge in [0.15, 0.2) is 11.5 Å². The summed E-state index contributed by atoms with van der Waals surface area (Å²) < 4.78 is 42.7. The van der Waals surface area contributed by atoms with Crippen LogP contribution in [-0.4, -0.2) is 49.8 Å². The summed E-state index contributed by atoms with van der Waals surface area (Å²) in [4.78, 5) is 28.2. The lowest BCUT2D eigenvalue weighted by Crippen LogP contribution is -2.31. The Morgan fingerprint density at radius 2 is 1.89 bits per heavy atom. The molecule has 198 valence electrons. The third-order valence-electron chi connectivity index (χ3n) is 6.33. The highest BCUT2D eigenvalue weighted by molar-refractivity contribution is 7.90. The van der Waals surface area contributed by atoms with Crippen molar-refractivity contribution in [3.05, 3.63) is 29.9 Å². The van der Waals surface area contributed by atoms with Gasteiger partial charge in [-0.3, -0.25) is 14.8 Å². The second-order valence-electron chi connectivity index (χ2n) is 8.78. The number of sulfonamides is 1. The van der Waals surface area contributed by atoms with Crippen molar-refractivity contribution in [1.82, 2.24) is 20.3 Å². The maximum Gasteiger partial charge on any atom is 0.306 e. The highest BCUT2D eigenvalue weighted by atomic mass is 32.2. The van der Waals surface area contributed by atoms with Crippen LogP contribution in [0.5, 0.6) is 11.5 Å². The zero-order valence-corrected chi connectivity index (χ0v) is 21.2. The fourth-order valence-corrected chi connectivity index (χ4v) is 5.38. The average molecular weight is 525 g/mol. The topological polar surface area (TPSA) is 170 Å². The summed E-state index contributed by atoms with van der Waals surface area (Å²) in [5.41, 5.74) is 1.59. The molecule has 12 nitrogen and oxygen atoms in total. The zero-order valence-electron chi connectivity index (χ0n) is 20.4. The minimum absolute atomic E-state index is 0.0240. The van der Waals surface area contributed by atoms with Crippen molar-refractivity contribution in [2.45, 2.75) is 68.6 Å². The normalized spacial score (nSPS) is 15.2. The summed E-state index contributed by atoms with van der Waals surface area (Å²) in [7, 11) is -1.51. The number of hydrogen-bond acceptors (Lipinski definition) is 10. The number of rotatable bonds is 12. The SMILES string of the molecule is COc1ccc(S(=O)(=O)NC(=O)c2noc([C@H](CCCC3CCCCC3)CC(=O)NO)n2)cc1OC. The number of benzene rings is 1. The summed E-state index contributed by atoms with van der Waals surface area (Å²) in [5.74, 6) is -1.56. The molecule has 1 saturated carbocycles. The minimum Gasteiger partial charge on any atom is -0.493 e. The van der Waals surface area contributed by atoms with E-state index in [1.165, 1.54) is 64.5 Å². The fraction of sp³-hybridized carbons (Fsp3) is 0.565. The van der Waals surface area contributed by atoms with Gasteiger partial charge in [-0.15, -0.1) is 0 Å². The van der Waals surface area contributed by atoms with E-state index >= 15 is 0 Å². The van der Waals surface area contributed by atoms with E-state index in [1.807, 2.05) is 4.72 Å². The van der Waals surface area contributed by atoms with Gasteiger partial charge in [0, 0.05) is 18.4 Å². The first-order chi connectivity index (χ1) is 17.3. The monoisotopic (exact) mass is 524 g/mol. The Bertz CT molecular complexity index is 1140. The molecule has 3 N–H and O–H groups in total. The number of hydroxylamine groups is 1. The van der Waals surface area contributed by atoms with E-state index in [-0.39, 0.29) is 23.0 Å². The van der Waals surface area contributed by atoms with E-state index < -0.39 is 33.6 Å². The van der Waals surface area contributed by atoms with Crippen LogP contribution in [-0.2, 0) is 14.8 Å². The van der Waals surface area contributed by atoms with Crippen molar-refractivity contribution in [3.63, 3.8) is 0 Å². The van der Waals surface area contributed by atoms with Crippen LogP contribution in [0.4, 0.5) is 0 Å². The molecule has 0 spiro atoms. The number of ether oxygens (including phenoxy) is 2. The van der Waals surface area contributed by atoms with Gasteiger partial charge in [0.1, 0.15) is 0 Å². The molecule has 1 heterocycles. The quantitative estimate of drug-likeness (QED) is 0.277. The molecule has 0 unspecified atom stereocenters. The predicted molar refractivity (Wildman–Crippen MR) is 126 cm³/mol. The van der Waals surface area contributed by atoms with Crippen LogP contribution in [0.2, 0.25) is 0 Å². The second kappa shape index (κ2) is 12.7. The van der Waals surface area contributed by atoms with Gasteiger partial charge >= 0.3 is 5.91 Å². The first kappa shape index (κ1) is 27.4. The molecule has 3 rings (SSSR count). The number of amides is 2. The maximum atomic E-state index is 12.7. The van der Waals surface area contributed by atoms with Crippen LogP contribution in [0.25, 0.3) is 0 Å². The Morgan fingerprint density at radius 1 is 1.17 bits per heavy atom. The molecule has 0 radical (unpaired) electrons. The summed E-state index contributed by atoms with van der Waals surface area (Å²) in [5, 5.41) is 12.6. The van der Waals surface area contributed by atoms with Gasteiger partial charge in [0.05, 0.1) is 19.1 Å². The van der Waals surface area contributed by atoms with E-state index in [9.17, 15) is 18.0 Å². The van der Waals surface area contributed by atoms with Gasteiger partial charge in [0.2, 0.25) is 11.8 Å². The average Bonchev–Trinajstić information content (AvgIpc) is 3.38. The Kier molecular flexibility index (Phi) is 9.65. The van der Waals surface area contributed by atoms with Crippen molar-refractivity contribution >= 4 is 21.8 Å². The van der Waals surface area contributed by atoms with Crippen molar-refractivity contribution in [2.24, 2.45) is 5.92 Å². The molecule has 2 aromatic rings. The van der Waals surface area contributed by atoms with Crippen LogP contribution in [0, 0.1) is 5.92 Å². The van der Waals surface area contributed by atoms with E-state index in [0.717, 1.165) is 12.8 Å². The van der Waals surface area contributed by atoms with Crippen molar-refractivity contribution in [3.8, 4) is 11.5 Å². The molecular weight excluding hydrogens is 492 g/mol. The number of nitrogens with zero attached hydrogens (tertiary/aromatic N) is 2. The lowest BCUT2D eigenvalue weighted by Gasteiger charge is -2.22. The lowest BCUT2D eigenvalue weighted by molar-refractivity contribution is -0.129. The van der Waals surface area contributed by atoms with Crippen LogP contribution in [0.3, 0.4) is 0 Å². The van der Waals surface area contributed by atoms with Crippen LogP contribution in [0.15, 0.2) is 27.6 Å². The molecular formula is C23H32N4O8S. The summed E-state index contributed by atoms with van der Waals surface area (Å²) in [6, 6.07) is 3.87. The Hall–Kier alpha value is -3.19. The Labute approximate surface area is 209 Å². The summed E-state index contributed by atoms with van der Waals surface area (Å²) in [6.45, 7) is 0. The molecule has 0 saturated heterocycles. The Balaban J connectivity index is 1.69. The van der Waals surface area contributed by atoms with Crippen molar-refractivity contribution in [1.29, 1.82) is 0 Å². The third-order valence-corrected chi connectivity index (χ3v) is 7.66. The highest BCUT2D eigenvalue weighted by Crippen LogP contribution is 2.31. The van der Waals surface area contributed by atoms with E-state index in [0.29, 0.717) is 18.1 Å². The third kappa shape index (κ3) is 7.17. The maximum absolute atomic E-state index is 12.7. The first-order valence-corrected chi connectivity index (χ1v) is 13.3. The number of carbonyl (C=O) groups excluding carboxylic acids is 2. The van der Waals surface area contributed by atoms with Crippen LogP contribution < -0.4 is 19.7 Å². The largest absolute Gasteiger partial charge is 0.493 e. The lowest BCUT2D eigenvalue weighted by atomic mass is 9.84. The van der Waals surface area contributed by atoms with Crippen molar-refractivity contribution in [2.75, 3.05) is 14.2 Å². The van der Waals surface area contributed by atoms with Gasteiger partial charge in [-0.25, -0.2) is 18.6 Å². The summed E-state index contributed by atoms with van der Waals surface area (Å²) >= 11 is 0. The molecule has 0 bridgehead atoms. The Morgan fingerprint density at radius 3 is 2.56 bits per heavy atom. The predicted octanol–water partition coefficient (Wildman–Crippen LogP) is 2.94.